The highest BCUT2D eigenvalue weighted by molar-refractivity contribution is 5.90. The second-order valence-electron chi connectivity index (χ2n) is 13.4. The maximum Gasteiger partial charge on any atom is 0.334 e. The highest BCUT2D eigenvalue weighted by Crippen LogP contribution is 2.28. The number of rotatable bonds is 26. The van der Waals surface area contributed by atoms with Crippen molar-refractivity contribution in [3.8, 4) is 0 Å². The van der Waals surface area contributed by atoms with Crippen molar-refractivity contribution in [2.45, 2.75) is 204 Å². The largest absolute Gasteiger partial charge is 0.455 e. The SMILES string of the molecule is CCCCCCCCCCCC[C@@H](O)[C@H](O)CC[C@H](O)[C@@H]1CC[C@@H](CCC[C@H](O)[C@H](O)CC[C@@H](O)CC2=C[C@H](C)OC2=O)O1. The van der Waals surface area contributed by atoms with Gasteiger partial charge in [-0.3, -0.25) is 0 Å². The van der Waals surface area contributed by atoms with Crippen LogP contribution in [0.25, 0.3) is 0 Å². The van der Waals surface area contributed by atoms with Gasteiger partial charge in [0.05, 0.1) is 48.8 Å². The Hall–Kier alpha value is -1.07. The Labute approximate surface area is 266 Å². The molecule has 0 aromatic rings. The molecule has 0 bridgehead atoms. The van der Waals surface area contributed by atoms with Crippen LogP contribution in [-0.2, 0) is 14.3 Å². The number of esters is 1. The fraction of sp³-hybridized carbons (Fsp3) is 0.914. The highest BCUT2D eigenvalue weighted by Gasteiger charge is 2.31. The van der Waals surface area contributed by atoms with Gasteiger partial charge in [0.25, 0.3) is 0 Å². The second-order valence-corrected chi connectivity index (χ2v) is 13.4. The fourth-order valence-electron chi connectivity index (χ4n) is 6.42. The number of carbonyl (C=O) groups excluding carboxylic acids is 1. The van der Waals surface area contributed by atoms with Gasteiger partial charge in [-0.2, -0.15) is 0 Å². The summed E-state index contributed by atoms with van der Waals surface area (Å²) in [7, 11) is 0. The summed E-state index contributed by atoms with van der Waals surface area (Å²) in [5, 5.41) is 62.3. The first-order chi connectivity index (χ1) is 21.1. The summed E-state index contributed by atoms with van der Waals surface area (Å²) >= 11 is 0. The smallest absolute Gasteiger partial charge is 0.334 e. The van der Waals surface area contributed by atoms with Crippen LogP contribution in [0.15, 0.2) is 11.6 Å². The summed E-state index contributed by atoms with van der Waals surface area (Å²) in [5.41, 5.74) is 0.452. The van der Waals surface area contributed by atoms with Crippen molar-refractivity contribution in [1.82, 2.24) is 0 Å². The lowest BCUT2D eigenvalue weighted by molar-refractivity contribution is -0.139. The van der Waals surface area contributed by atoms with Gasteiger partial charge in [0.2, 0.25) is 0 Å². The lowest BCUT2D eigenvalue weighted by Crippen LogP contribution is -2.31. The zero-order valence-electron chi connectivity index (χ0n) is 27.5. The van der Waals surface area contributed by atoms with E-state index in [0.717, 1.165) is 25.7 Å². The van der Waals surface area contributed by atoms with Gasteiger partial charge in [0.15, 0.2) is 0 Å². The van der Waals surface area contributed by atoms with Crippen LogP contribution in [0.3, 0.4) is 0 Å². The van der Waals surface area contributed by atoms with E-state index < -0.39 is 42.6 Å². The average Bonchev–Trinajstić information content (AvgIpc) is 3.60. The molecule has 2 rings (SSSR count). The van der Waals surface area contributed by atoms with Gasteiger partial charge in [-0.25, -0.2) is 4.79 Å². The Balaban J connectivity index is 1.50. The van der Waals surface area contributed by atoms with Gasteiger partial charge < -0.3 is 40.1 Å². The van der Waals surface area contributed by atoms with Gasteiger partial charge in [-0.1, -0.05) is 71.1 Å². The van der Waals surface area contributed by atoms with Crippen molar-refractivity contribution in [3.63, 3.8) is 0 Å². The molecule has 2 heterocycles. The van der Waals surface area contributed by atoms with E-state index >= 15 is 0 Å². The summed E-state index contributed by atoms with van der Waals surface area (Å²) in [4.78, 5) is 11.7. The first-order valence-corrected chi connectivity index (χ1v) is 17.8. The third-order valence-electron chi connectivity index (χ3n) is 9.34. The normalized spacial score (nSPS) is 24.5. The number of hydrogen-bond donors (Lipinski definition) is 6. The first kappa shape index (κ1) is 39.1. The molecule has 0 aliphatic carbocycles. The standard InChI is InChI=1S/C35H64O9/c1-3-4-5-6-7-8-9-10-11-12-15-29(37)32(40)20-21-33(41)34-22-18-28(44-34)14-13-16-30(38)31(39)19-17-27(36)24-26-23-25(2)43-35(26)42/h23,25,27-34,36-41H,3-22,24H2,1-2H3/t25-,27+,28+,29+,30-,31+,32+,33-,34-/m0/s1. The van der Waals surface area contributed by atoms with E-state index in [1.807, 2.05) is 0 Å². The summed E-state index contributed by atoms with van der Waals surface area (Å²) in [6, 6.07) is 0. The predicted molar refractivity (Wildman–Crippen MR) is 171 cm³/mol. The van der Waals surface area contributed by atoms with Gasteiger partial charge in [0.1, 0.15) is 6.10 Å². The Bertz CT molecular complexity index is 790. The Morgan fingerprint density at radius 1 is 0.705 bits per heavy atom. The van der Waals surface area contributed by atoms with E-state index in [2.05, 4.69) is 6.92 Å². The Morgan fingerprint density at radius 3 is 1.84 bits per heavy atom. The van der Waals surface area contributed by atoms with Crippen molar-refractivity contribution in [3.05, 3.63) is 11.6 Å². The zero-order valence-corrected chi connectivity index (χ0v) is 27.5. The summed E-state index contributed by atoms with van der Waals surface area (Å²) in [6.45, 7) is 3.99. The molecule has 0 aromatic carbocycles. The van der Waals surface area contributed by atoms with Crippen molar-refractivity contribution in [2.24, 2.45) is 0 Å². The molecule has 1 fully saturated rings. The maximum absolute atomic E-state index is 11.7. The predicted octanol–water partition coefficient (Wildman–Crippen LogP) is 5.00. The van der Waals surface area contributed by atoms with E-state index in [4.69, 9.17) is 9.47 Å². The highest BCUT2D eigenvalue weighted by atomic mass is 16.5. The molecule has 6 N–H and O–H groups in total. The monoisotopic (exact) mass is 628 g/mol. The molecule has 44 heavy (non-hydrogen) atoms. The number of ether oxygens (including phenoxy) is 2. The number of aliphatic hydroxyl groups is 6. The van der Waals surface area contributed by atoms with Crippen LogP contribution in [0.5, 0.6) is 0 Å². The molecule has 1 saturated heterocycles. The lowest BCUT2D eigenvalue weighted by atomic mass is 9.97. The number of carbonyl (C=O) groups is 1. The minimum atomic E-state index is -0.959. The third kappa shape index (κ3) is 16.0. The molecule has 9 heteroatoms. The molecule has 0 saturated carbocycles. The van der Waals surface area contributed by atoms with Crippen LogP contribution >= 0.6 is 0 Å². The van der Waals surface area contributed by atoms with Crippen molar-refractivity contribution >= 4 is 5.97 Å². The first-order valence-electron chi connectivity index (χ1n) is 17.8. The molecular weight excluding hydrogens is 564 g/mol. The molecule has 0 radical (unpaired) electrons. The molecule has 9 nitrogen and oxygen atoms in total. The van der Waals surface area contributed by atoms with Crippen LogP contribution in [0, 0.1) is 0 Å². The second kappa shape index (κ2) is 22.5. The Morgan fingerprint density at radius 2 is 1.25 bits per heavy atom. The minimum absolute atomic E-state index is 0.0190. The van der Waals surface area contributed by atoms with Gasteiger partial charge in [0, 0.05) is 12.0 Å². The molecule has 2 aliphatic rings. The molecule has 9 atom stereocenters. The van der Waals surface area contributed by atoms with E-state index in [-0.39, 0.29) is 37.6 Å². The van der Waals surface area contributed by atoms with Crippen LogP contribution in [0.1, 0.15) is 149 Å². The fourth-order valence-corrected chi connectivity index (χ4v) is 6.42. The minimum Gasteiger partial charge on any atom is -0.455 e. The van der Waals surface area contributed by atoms with E-state index in [0.29, 0.717) is 44.1 Å². The quantitative estimate of drug-likeness (QED) is 0.0573. The molecule has 0 amide bonds. The van der Waals surface area contributed by atoms with E-state index in [1.165, 1.54) is 51.4 Å². The molecule has 0 aromatic heterocycles. The number of cyclic esters (lactones) is 1. The van der Waals surface area contributed by atoms with Crippen molar-refractivity contribution in [1.29, 1.82) is 0 Å². The zero-order chi connectivity index (χ0) is 32.3. The van der Waals surface area contributed by atoms with Gasteiger partial charge in [-0.05, 0) is 77.2 Å². The Kier molecular flexibility index (Phi) is 20.0. The molecule has 2 aliphatic heterocycles. The van der Waals surface area contributed by atoms with Gasteiger partial charge in [-0.15, -0.1) is 0 Å². The van der Waals surface area contributed by atoms with Gasteiger partial charge >= 0.3 is 5.97 Å². The number of aliphatic hydroxyl groups excluding tert-OH is 6. The molecule has 0 unspecified atom stereocenters. The summed E-state index contributed by atoms with van der Waals surface area (Å²) < 4.78 is 11.1. The van der Waals surface area contributed by atoms with Crippen molar-refractivity contribution in [2.75, 3.05) is 0 Å². The third-order valence-corrected chi connectivity index (χ3v) is 9.34. The number of hydrogen-bond acceptors (Lipinski definition) is 9. The number of unbranched alkanes of at least 4 members (excludes halogenated alkanes) is 9. The molecule has 258 valence electrons. The molecule has 0 spiro atoms. The summed E-state index contributed by atoms with van der Waals surface area (Å²) in [6.07, 6.45) is 13.8. The van der Waals surface area contributed by atoms with E-state index in [9.17, 15) is 35.4 Å². The van der Waals surface area contributed by atoms with Crippen LogP contribution in [0.4, 0.5) is 0 Å². The molecular formula is C35H64O9. The average molecular weight is 629 g/mol. The van der Waals surface area contributed by atoms with Crippen LogP contribution < -0.4 is 0 Å². The van der Waals surface area contributed by atoms with Crippen LogP contribution in [-0.4, -0.2) is 91.5 Å². The topological polar surface area (TPSA) is 157 Å². The maximum atomic E-state index is 11.7. The lowest BCUT2D eigenvalue weighted by Gasteiger charge is -2.23. The summed E-state index contributed by atoms with van der Waals surface area (Å²) in [5.74, 6) is -0.410. The van der Waals surface area contributed by atoms with Crippen LogP contribution in [0.2, 0.25) is 0 Å². The van der Waals surface area contributed by atoms with E-state index in [1.54, 1.807) is 13.0 Å². The van der Waals surface area contributed by atoms with Crippen molar-refractivity contribution < 1.29 is 44.9 Å².